The van der Waals surface area contributed by atoms with Gasteiger partial charge in [-0.2, -0.15) is 0 Å². The maximum Gasteiger partial charge on any atom is 0.262 e. The smallest absolute Gasteiger partial charge is 0.262 e. The van der Waals surface area contributed by atoms with E-state index in [-0.39, 0.29) is 11.9 Å². The van der Waals surface area contributed by atoms with E-state index in [9.17, 15) is 19.5 Å². The fraction of sp³-hybridized carbons (Fsp3) is 0.375. The number of amides is 3. The van der Waals surface area contributed by atoms with Crippen LogP contribution in [0.25, 0.3) is 0 Å². The highest BCUT2D eigenvalue weighted by atomic mass is 35.5. The summed E-state index contributed by atoms with van der Waals surface area (Å²) in [7, 11) is 0. The van der Waals surface area contributed by atoms with E-state index in [4.69, 9.17) is 11.6 Å². The summed E-state index contributed by atoms with van der Waals surface area (Å²) in [6.45, 7) is 4.91. The summed E-state index contributed by atoms with van der Waals surface area (Å²) in [4.78, 5) is 42.2. The molecule has 0 radical (unpaired) electrons. The van der Waals surface area contributed by atoms with E-state index in [0.717, 1.165) is 10.5 Å². The molecule has 7 heteroatoms. The Bertz CT molecular complexity index is 1030. The number of likely N-dealkylation sites (tertiary alicyclic amines) is 1. The van der Waals surface area contributed by atoms with Crippen LogP contribution in [0.1, 0.15) is 65.9 Å². The van der Waals surface area contributed by atoms with Gasteiger partial charge >= 0.3 is 0 Å². The number of benzene rings is 2. The second-order valence-electron chi connectivity index (χ2n) is 8.76. The van der Waals surface area contributed by atoms with Gasteiger partial charge < -0.3 is 10.0 Å². The first-order chi connectivity index (χ1) is 14.6. The van der Waals surface area contributed by atoms with Crippen LogP contribution in [0.15, 0.2) is 48.5 Å². The molecule has 3 atom stereocenters. The third kappa shape index (κ3) is 3.64. The van der Waals surface area contributed by atoms with Crippen molar-refractivity contribution >= 4 is 29.3 Å². The second kappa shape index (κ2) is 7.77. The Morgan fingerprint density at radius 3 is 2.23 bits per heavy atom. The first kappa shape index (κ1) is 21.5. The maximum absolute atomic E-state index is 13.7. The number of aliphatic hydroxyl groups is 1. The number of halogens is 1. The van der Waals surface area contributed by atoms with Crippen molar-refractivity contribution in [1.29, 1.82) is 0 Å². The highest BCUT2D eigenvalue weighted by Crippen LogP contribution is 2.41. The Labute approximate surface area is 186 Å². The largest absolute Gasteiger partial charge is 0.388 e. The highest BCUT2D eigenvalue weighted by molar-refractivity contribution is 6.30. The van der Waals surface area contributed by atoms with Crippen LogP contribution in [0.2, 0.25) is 5.02 Å². The van der Waals surface area contributed by atoms with Crippen molar-refractivity contribution in [2.24, 2.45) is 0 Å². The van der Waals surface area contributed by atoms with Crippen molar-refractivity contribution in [3.63, 3.8) is 0 Å². The number of hydrogen-bond acceptors (Lipinski definition) is 4. The average Bonchev–Trinajstić information content (AvgIpc) is 3.28. The summed E-state index contributed by atoms with van der Waals surface area (Å²) in [6, 6.07) is 12.1. The van der Waals surface area contributed by atoms with Crippen LogP contribution in [0.5, 0.6) is 0 Å². The molecular formula is C24H25ClN2O4. The summed E-state index contributed by atoms with van der Waals surface area (Å²) in [5, 5.41) is 11.3. The van der Waals surface area contributed by atoms with Crippen molar-refractivity contribution in [3.05, 3.63) is 70.2 Å². The highest BCUT2D eigenvalue weighted by Gasteiger charge is 2.49. The van der Waals surface area contributed by atoms with Crippen molar-refractivity contribution < 1.29 is 19.5 Å². The SMILES string of the molecule is CC(C(=O)N1[C@H](c2cccc(Cl)c2)CC[C@@H]1C(C)(C)O)N1C(=O)c2ccccc2C1=O. The molecule has 6 nitrogen and oxygen atoms in total. The number of rotatable bonds is 4. The Hall–Kier alpha value is -2.70. The van der Waals surface area contributed by atoms with Gasteiger partial charge in [0.25, 0.3) is 11.8 Å². The molecule has 2 aromatic carbocycles. The quantitative estimate of drug-likeness (QED) is 0.733. The number of hydrogen-bond donors (Lipinski definition) is 1. The number of fused-ring (bicyclic) bond motifs is 1. The molecule has 4 rings (SSSR count). The van der Waals surface area contributed by atoms with Crippen LogP contribution >= 0.6 is 11.6 Å². The van der Waals surface area contributed by atoms with Crippen LogP contribution < -0.4 is 0 Å². The van der Waals surface area contributed by atoms with Gasteiger partial charge in [0.2, 0.25) is 5.91 Å². The van der Waals surface area contributed by atoms with Crippen molar-refractivity contribution in [2.45, 2.75) is 57.3 Å². The molecule has 0 aliphatic carbocycles. The van der Waals surface area contributed by atoms with Gasteiger partial charge in [0.15, 0.2) is 0 Å². The van der Waals surface area contributed by atoms with Crippen LogP contribution in [0.4, 0.5) is 0 Å². The molecule has 1 fully saturated rings. The van der Waals surface area contributed by atoms with Crippen LogP contribution in [-0.4, -0.2) is 50.3 Å². The molecule has 162 valence electrons. The van der Waals surface area contributed by atoms with Gasteiger partial charge in [-0.05, 0) is 63.4 Å². The van der Waals surface area contributed by atoms with Crippen molar-refractivity contribution in [3.8, 4) is 0 Å². The van der Waals surface area contributed by atoms with Crippen LogP contribution in [-0.2, 0) is 4.79 Å². The predicted molar refractivity (Wildman–Crippen MR) is 117 cm³/mol. The monoisotopic (exact) mass is 440 g/mol. The van der Waals surface area contributed by atoms with Gasteiger partial charge in [0.05, 0.1) is 28.8 Å². The minimum atomic E-state index is -1.15. The van der Waals surface area contributed by atoms with E-state index in [1.165, 1.54) is 0 Å². The minimum absolute atomic E-state index is 0.305. The van der Waals surface area contributed by atoms with Gasteiger partial charge in [-0.15, -0.1) is 0 Å². The van der Waals surface area contributed by atoms with E-state index < -0.39 is 29.5 Å². The molecular weight excluding hydrogens is 416 g/mol. The molecule has 2 aliphatic rings. The predicted octanol–water partition coefficient (Wildman–Crippen LogP) is 3.83. The lowest BCUT2D eigenvalue weighted by atomic mass is 9.96. The summed E-state index contributed by atoms with van der Waals surface area (Å²) in [6.07, 6.45) is 1.25. The number of carbonyl (C=O) groups excluding carboxylic acids is 3. The Morgan fingerprint density at radius 2 is 1.68 bits per heavy atom. The van der Waals surface area contributed by atoms with E-state index >= 15 is 0 Å². The van der Waals surface area contributed by atoms with E-state index in [1.807, 2.05) is 18.2 Å². The normalized spacial score (nSPS) is 22.1. The zero-order chi connectivity index (χ0) is 22.5. The first-order valence-corrected chi connectivity index (χ1v) is 10.8. The fourth-order valence-electron chi connectivity index (χ4n) is 4.74. The van der Waals surface area contributed by atoms with E-state index in [1.54, 1.807) is 56.0 Å². The van der Waals surface area contributed by atoms with Crippen molar-refractivity contribution in [1.82, 2.24) is 9.80 Å². The van der Waals surface area contributed by atoms with Gasteiger partial charge in [-0.25, -0.2) is 0 Å². The lowest BCUT2D eigenvalue weighted by Crippen LogP contribution is -2.55. The molecule has 31 heavy (non-hydrogen) atoms. The molecule has 1 N–H and O–H groups in total. The minimum Gasteiger partial charge on any atom is -0.388 e. The average molecular weight is 441 g/mol. The second-order valence-corrected chi connectivity index (χ2v) is 9.20. The summed E-state index contributed by atoms with van der Waals surface area (Å²) >= 11 is 6.18. The molecule has 0 saturated carbocycles. The Balaban J connectivity index is 1.69. The lowest BCUT2D eigenvalue weighted by Gasteiger charge is -2.39. The lowest BCUT2D eigenvalue weighted by molar-refractivity contribution is -0.143. The van der Waals surface area contributed by atoms with Gasteiger partial charge in [0, 0.05) is 5.02 Å². The molecule has 2 aliphatic heterocycles. The third-order valence-electron chi connectivity index (χ3n) is 6.26. The van der Waals surface area contributed by atoms with Gasteiger partial charge in [0.1, 0.15) is 6.04 Å². The number of nitrogens with zero attached hydrogens (tertiary/aromatic N) is 2. The fourth-order valence-corrected chi connectivity index (χ4v) is 4.94. The number of carbonyl (C=O) groups is 3. The van der Waals surface area contributed by atoms with Crippen molar-refractivity contribution in [2.75, 3.05) is 0 Å². The standard InChI is InChI=1S/C24H25ClN2O4/c1-14(26-22(29)17-9-4-5-10-18(17)23(26)30)21(28)27-19(11-12-20(27)24(2,3)31)15-7-6-8-16(25)13-15/h4-10,13-14,19-20,31H,11-12H2,1-3H3/t14?,19-,20+/m0/s1. The van der Waals surface area contributed by atoms with E-state index in [2.05, 4.69) is 0 Å². The third-order valence-corrected chi connectivity index (χ3v) is 6.49. The molecule has 0 aromatic heterocycles. The zero-order valence-electron chi connectivity index (χ0n) is 17.7. The maximum atomic E-state index is 13.7. The first-order valence-electron chi connectivity index (χ1n) is 10.4. The Morgan fingerprint density at radius 1 is 1.06 bits per heavy atom. The summed E-state index contributed by atoms with van der Waals surface area (Å²) in [5.74, 6) is -1.32. The molecule has 1 unspecified atom stereocenters. The summed E-state index contributed by atoms with van der Waals surface area (Å²) < 4.78 is 0. The van der Waals surface area contributed by atoms with Crippen LogP contribution in [0, 0.1) is 0 Å². The summed E-state index contributed by atoms with van der Waals surface area (Å²) in [5.41, 5.74) is 0.324. The molecule has 2 heterocycles. The molecule has 1 saturated heterocycles. The van der Waals surface area contributed by atoms with Crippen LogP contribution in [0.3, 0.4) is 0 Å². The topological polar surface area (TPSA) is 77.9 Å². The molecule has 0 spiro atoms. The van der Waals surface area contributed by atoms with Gasteiger partial charge in [-0.3, -0.25) is 19.3 Å². The zero-order valence-corrected chi connectivity index (χ0v) is 18.5. The van der Waals surface area contributed by atoms with E-state index in [0.29, 0.717) is 29.0 Å². The molecule has 0 bridgehead atoms. The molecule has 3 amide bonds. The van der Waals surface area contributed by atoms with Gasteiger partial charge in [-0.1, -0.05) is 35.9 Å². The number of imide groups is 1. The Kier molecular flexibility index (Phi) is 5.40. The molecule has 2 aromatic rings.